The molecule has 2 rings (SSSR count). The van der Waals surface area contributed by atoms with Crippen LogP contribution in [0.2, 0.25) is 0 Å². The summed E-state index contributed by atoms with van der Waals surface area (Å²) in [5.41, 5.74) is 7.42. The number of nitrogens with two attached hydrogens (primary N) is 1. The summed E-state index contributed by atoms with van der Waals surface area (Å²) in [4.78, 5) is 0. The van der Waals surface area contributed by atoms with Gasteiger partial charge in [0.05, 0.1) is 13.7 Å². The summed E-state index contributed by atoms with van der Waals surface area (Å²) in [5, 5.41) is 7.79. The highest BCUT2D eigenvalue weighted by atomic mass is 16.5. The van der Waals surface area contributed by atoms with Crippen molar-refractivity contribution in [3.05, 3.63) is 29.7 Å². The second-order valence-corrected chi connectivity index (χ2v) is 3.59. The molecule has 0 spiro atoms. The second kappa shape index (κ2) is 4.97. The minimum Gasteiger partial charge on any atom is -0.496 e. The van der Waals surface area contributed by atoms with Gasteiger partial charge in [-0.25, -0.2) is 0 Å². The lowest BCUT2D eigenvalue weighted by Gasteiger charge is -2.07. The maximum atomic E-state index is 5.43. The lowest BCUT2D eigenvalue weighted by molar-refractivity contribution is 0.410. The van der Waals surface area contributed by atoms with E-state index in [1.54, 1.807) is 7.11 Å². The number of nitrogens with zero attached hydrogens (tertiary/aromatic N) is 2. The van der Waals surface area contributed by atoms with Gasteiger partial charge in [0.1, 0.15) is 5.75 Å². The highest BCUT2D eigenvalue weighted by Gasteiger charge is 2.10. The molecule has 0 bridgehead atoms. The molecule has 0 radical (unpaired) electrons. The number of aromatic nitrogens is 2. The lowest BCUT2D eigenvalue weighted by atomic mass is 10.1. The zero-order valence-electron chi connectivity index (χ0n) is 9.93. The minimum absolute atomic E-state index is 0.254. The Morgan fingerprint density at radius 1 is 1.35 bits per heavy atom. The molecule has 0 atom stereocenters. The number of hydrogen-bond acceptors (Lipinski definition) is 5. The Balaban J connectivity index is 2.38. The first-order chi connectivity index (χ1) is 8.28. The third kappa shape index (κ3) is 2.29. The van der Waals surface area contributed by atoms with Crippen LogP contribution in [0.3, 0.4) is 0 Å². The van der Waals surface area contributed by atoms with E-state index in [1.165, 1.54) is 0 Å². The van der Waals surface area contributed by atoms with Crippen molar-refractivity contribution in [2.45, 2.75) is 19.9 Å². The molecule has 0 saturated carbocycles. The zero-order chi connectivity index (χ0) is 12.3. The molecule has 17 heavy (non-hydrogen) atoms. The van der Waals surface area contributed by atoms with E-state index >= 15 is 0 Å². The Bertz CT molecular complexity index is 508. The first kappa shape index (κ1) is 11.6. The Labute approximate surface area is 99.6 Å². The average molecular weight is 233 g/mol. The zero-order valence-corrected chi connectivity index (χ0v) is 9.93. The summed E-state index contributed by atoms with van der Waals surface area (Å²) in [6.45, 7) is 2.32. The van der Waals surface area contributed by atoms with Crippen molar-refractivity contribution in [1.82, 2.24) is 10.2 Å². The number of aryl methyl sites for hydroxylation is 1. The highest BCUT2D eigenvalue weighted by molar-refractivity contribution is 5.57. The fourth-order valence-electron chi connectivity index (χ4n) is 1.64. The van der Waals surface area contributed by atoms with Crippen molar-refractivity contribution in [2.75, 3.05) is 7.11 Å². The summed E-state index contributed by atoms with van der Waals surface area (Å²) in [6.07, 6.45) is 0.884. The Morgan fingerprint density at radius 3 is 2.76 bits per heavy atom. The van der Waals surface area contributed by atoms with Crippen LogP contribution in [0.15, 0.2) is 22.6 Å². The van der Waals surface area contributed by atoms with E-state index in [9.17, 15) is 0 Å². The second-order valence-electron chi connectivity index (χ2n) is 3.59. The van der Waals surface area contributed by atoms with Crippen molar-refractivity contribution < 1.29 is 9.15 Å². The SMILES string of the molecule is CCc1cc(-c2nnc(CN)o2)ccc1OC. The average Bonchev–Trinajstić information content (AvgIpc) is 2.86. The van der Waals surface area contributed by atoms with Crippen molar-refractivity contribution in [2.24, 2.45) is 5.73 Å². The molecule has 0 fully saturated rings. The Hall–Kier alpha value is -1.88. The molecule has 90 valence electrons. The maximum absolute atomic E-state index is 5.43. The van der Waals surface area contributed by atoms with Crippen LogP contribution in [0.25, 0.3) is 11.5 Å². The molecule has 2 aromatic rings. The molecule has 0 aliphatic carbocycles. The molecule has 0 aliphatic heterocycles. The van der Waals surface area contributed by atoms with Crippen LogP contribution in [-0.2, 0) is 13.0 Å². The predicted octanol–water partition coefficient (Wildman–Crippen LogP) is 1.77. The van der Waals surface area contributed by atoms with E-state index < -0.39 is 0 Å². The third-order valence-corrected chi connectivity index (χ3v) is 2.55. The molecule has 0 unspecified atom stereocenters. The van der Waals surface area contributed by atoms with Crippen LogP contribution in [0.4, 0.5) is 0 Å². The third-order valence-electron chi connectivity index (χ3n) is 2.55. The topological polar surface area (TPSA) is 74.2 Å². The van der Waals surface area contributed by atoms with Gasteiger partial charge in [-0.05, 0) is 30.2 Å². The fraction of sp³-hybridized carbons (Fsp3) is 0.333. The summed E-state index contributed by atoms with van der Waals surface area (Å²) < 4.78 is 10.7. The van der Waals surface area contributed by atoms with E-state index in [0.29, 0.717) is 11.8 Å². The van der Waals surface area contributed by atoms with Gasteiger partial charge in [0.25, 0.3) is 0 Å². The van der Waals surface area contributed by atoms with Crippen LogP contribution in [0.5, 0.6) is 5.75 Å². The molecule has 5 heteroatoms. The molecular formula is C12H15N3O2. The molecule has 2 N–H and O–H groups in total. The summed E-state index contributed by atoms with van der Waals surface area (Å²) in [5.74, 6) is 1.80. The Morgan fingerprint density at radius 2 is 2.18 bits per heavy atom. The van der Waals surface area contributed by atoms with E-state index in [2.05, 4.69) is 17.1 Å². The fourth-order valence-corrected chi connectivity index (χ4v) is 1.64. The predicted molar refractivity (Wildman–Crippen MR) is 63.6 cm³/mol. The largest absolute Gasteiger partial charge is 0.496 e. The quantitative estimate of drug-likeness (QED) is 0.871. The van der Waals surface area contributed by atoms with Crippen LogP contribution in [0.1, 0.15) is 18.4 Å². The monoisotopic (exact) mass is 233 g/mol. The van der Waals surface area contributed by atoms with Crippen LogP contribution < -0.4 is 10.5 Å². The van der Waals surface area contributed by atoms with E-state index in [0.717, 1.165) is 23.3 Å². The van der Waals surface area contributed by atoms with Crippen molar-refractivity contribution in [3.8, 4) is 17.2 Å². The number of methoxy groups -OCH3 is 1. The molecule has 1 aromatic heterocycles. The van der Waals surface area contributed by atoms with Crippen molar-refractivity contribution in [1.29, 1.82) is 0 Å². The number of benzene rings is 1. The van der Waals surface area contributed by atoms with Crippen molar-refractivity contribution in [3.63, 3.8) is 0 Å². The van der Waals surface area contributed by atoms with Crippen molar-refractivity contribution >= 4 is 0 Å². The molecule has 0 amide bonds. The molecule has 5 nitrogen and oxygen atoms in total. The standard InChI is InChI=1S/C12H15N3O2/c1-3-8-6-9(4-5-10(8)16-2)12-15-14-11(7-13)17-12/h4-6H,3,7,13H2,1-2H3. The van der Waals surface area contributed by atoms with Gasteiger partial charge in [-0.1, -0.05) is 6.92 Å². The van der Waals surface area contributed by atoms with E-state index in [1.807, 2.05) is 18.2 Å². The molecule has 0 saturated heterocycles. The number of rotatable bonds is 4. The van der Waals surface area contributed by atoms with Crippen LogP contribution in [-0.4, -0.2) is 17.3 Å². The van der Waals surface area contributed by atoms with Gasteiger partial charge in [-0.3, -0.25) is 0 Å². The van der Waals surface area contributed by atoms with Gasteiger partial charge in [-0.2, -0.15) is 0 Å². The van der Waals surface area contributed by atoms with E-state index in [-0.39, 0.29) is 6.54 Å². The molecular weight excluding hydrogens is 218 g/mol. The summed E-state index contributed by atoms with van der Waals surface area (Å²) in [7, 11) is 1.66. The van der Waals surface area contributed by atoms with Gasteiger partial charge >= 0.3 is 0 Å². The normalized spacial score (nSPS) is 10.5. The lowest BCUT2D eigenvalue weighted by Crippen LogP contribution is -1.95. The van der Waals surface area contributed by atoms with Gasteiger partial charge in [0, 0.05) is 5.56 Å². The van der Waals surface area contributed by atoms with Gasteiger partial charge in [0.2, 0.25) is 11.8 Å². The van der Waals surface area contributed by atoms with Gasteiger partial charge < -0.3 is 14.9 Å². The molecule has 0 aliphatic rings. The minimum atomic E-state index is 0.254. The van der Waals surface area contributed by atoms with E-state index in [4.69, 9.17) is 14.9 Å². The number of hydrogen-bond donors (Lipinski definition) is 1. The molecule has 1 heterocycles. The molecule has 1 aromatic carbocycles. The first-order valence-corrected chi connectivity index (χ1v) is 5.48. The highest BCUT2D eigenvalue weighted by Crippen LogP contribution is 2.26. The smallest absolute Gasteiger partial charge is 0.247 e. The van der Waals surface area contributed by atoms with Crippen LogP contribution >= 0.6 is 0 Å². The first-order valence-electron chi connectivity index (χ1n) is 5.48. The Kier molecular flexibility index (Phi) is 3.39. The summed E-state index contributed by atoms with van der Waals surface area (Å²) in [6, 6.07) is 5.79. The van der Waals surface area contributed by atoms with Crippen LogP contribution in [0, 0.1) is 0 Å². The van der Waals surface area contributed by atoms with Gasteiger partial charge in [-0.15, -0.1) is 10.2 Å². The number of ether oxygens (including phenoxy) is 1. The van der Waals surface area contributed by atoms with Gasteiger partial charge in [0.15, 0.2) is 0 Å². The summed E-state index contributed by atoms with van der Waals surface area (Å²) >= 11 is 0. The maximum Gasteiger partial charge on any atom is 0.247 e.